The Balaban J connectivity index is 3.11. The molecule has 0 aliphatic rings. The first kappa shape index (κ1) is 16.7. The minimum Gasteiger partial charge on any atom is -0.481 e. The van der Waals surface area contributed by atoms with Crippen molar-refractivity contribution in [3.63, 3.8) is 0 Å². The molecule has 0 aromatic heterocycles. The zero-order chi connectivity index (χ0) is 13.6. The van der Waals surface area contributed by atoms with Crippen LogP contribution >= 0.6 is 0 Å². The summed E-state index contributed by atoms with van der Waals surface area (Å²) in [7, 11) is 0. The number of rotatable bonds is 12. The summed E-state index contributed by atoms with van der Waals surface area (Å²) in [6.45, 7) is 0. The van der Waals surface area contributed by atoms with Crippen LogP contribution in [0.25, 0.3) is 0 Å². The molecule has 4 nitrogen and oxygen atoms in total. The SMILES string of the molecule is O=C(O)CC/C=C/CCCCCCCCC(=O)O. The molecule has 2 N–H and O–H groups in total. The van der Waals surface area contributed by atoms with Crippen molar-refractivity contribution in [2.24, 2.45) is 0 Å². The number of aliphatic carboxylic acids is 2. The number of carboxylic acids is 2. The van der Waals surface area contributed by atoms with Gasteiger partial charge in [0.15, 0.2) is 0 Å². The van der Waals surface area contributed by atoms with Gasteiger partial charge in [-0.15, -0.1) is 0 Å². The molecule has 104 valence electrons. The third-order valence-electron chi connectivity index (χ3n) is 2.70. The minimum absolute atomic E-state index is 0.208. The van der Waals surface area contributed by atoms with Gasteiger partial charge in [-0.2, -0.15) is 0 Å². The van der Waals surface area contributed by atoms with E-state index in [9.17, 15) is 9.59 Å². The van der Waals surface area contributed by atoms with Crippen molar-refractivity contribution in [1.82, 2.24) is 0 Å². The van der Waals surface area contributed by atoms with Crippen molar-refractivity contribution in [2.75, 3.05) is 0 Å². The second-order valence-corrected chi connectivity index (χ2v) is 4.46. The number of carboxylic acid groups (broad SMARTS) is 2. The maximum Gasteiger partial charge on any atom is 0.303 e. The highest BCUT2D eigenvalue weighted by molar-refractivity contribution is 5.66. The van der Waals surface area contributed by atoms with Gasteiger partial charge in [0.2, 0.25) is 0 Å². The van der Waals surface area contributed by atoms with Crippen molar-refractivity contribution in [2.45, 2.75) is 64.2 Å². The monoisotopic (exact) mass is 256 g/mol. The average Bonchev–Trinajstić information content (AvgIpc) is 2.29. The van der Waals surface area contributed by atoms with E-state index in [1.807, 2.05) is 12.2 Å². The summed E-state index contributed by atoms with van der Waals surface area (Å²) < 4.78 is 0. The molecular weight excluding hydrogens is 232 g/mol. The summed E-state index contributed by atoms with van der Waals surface area (Å²) in [6, 6.07) is 0. The third kappa shape index (κ3) is 14.7. The van der Waals surface area contributed by atoms with Crippen LogP contribution in [-0.4, -0.2) is 22.2 Å². The highest BCUT2D eigenvalue weighted by Crippen LogP contribution is 2.09. The maximum atomic E-state index is 10.3. The van der Waals surface area contributed by atoms with E-state index in [0.29, 0.717) is 6.42 Å². The van der Waals surface area contributed by atoms with E-state index in [1.54, 1.807) is 0 Å². The molecule has 0 aromatic carbocycles. The lowest BCUT2D eigenvalue weighted by Crippen LogP contribution is -1.93. The normalized spacial score (nSPS) is 10.9. The number of allylic oxidation sites excluding steroid dienone is 2. The second-order valence-electron chi connectivity index (χ2n) is 4.46. The van der Waals surface area contributed by atoms with Gasteiger partial charge in [0.05, 0.1) is 0 Å². The molecule has 0 bridgehead atoms. The van der Waals surface area contributed by atoms with Gasteiger partial charge in [-0.1, -0.05) is 37.8 Å². The largest absolute Gasteiger partial charge is 0.481 e. The van der Waals surface area contributed by atoms with Gasteiger partial charge in [0, 0.05) is 12.8 Å². The van der Waals surface area contributed by atoms with Crippen molar-refractivity contribution in [1.29, 1.82) is 0 Å². The first-order valence-corrected chi connectivity index (χ1v) is 6.71. The van der Waals surface area contributed by atoms with Crippen LogP contribution in [0.4, 0.5) is 0 Å². The minimum atomic E-state index is -0.749. The smallest absolute Gasteiger partial charge is 0.303 e. The van der Waals surface area contributed by atoms with Crippen LogP contribution in [0.5, 0.6) is 0 Å². The summed E-state index contributed by atoms with van der Waals surface area (Å²) in [6.07, 6.45) is 12.4. The van der Waals surface area contributed by atoms with Crippen molar-refractivity contribution < 1.29 is 19.8 Å². The molecule has 0 radical (unpaired) electrons. The molecule has 0 amide bonds. The van der Waals surface area contributed by atoms with Crippen LogP contribution < -0.4 is 0 Å². The topological polar surface area (TPSA) is 74.6 Å². The summed E-state index contributed by atoms with van der Waals surface area (Å²) in [5.74, 6) is -1.46. The Labute approximate surface area is 109 Å². The standard InChI is InChI=1S/C14H24O4/c15-13(16)11-9-7-5-3-1-2-4-6-8-10-12-14(17)18/h5,7H,1-4,6,8-12H2,(H,15,16)(H,17,18)/b7-5+. The lowest BCUT2D eigenvalue weighted by molar-refractivity contribution is -0.138. The molecule has 0 heterocycles. The van der Waals surface area contributed by atoms with Gasteiger partial charge in [-0.3, -0.25) is 9.59 Å². The fourth-order valence-corrected chi connectivity index (χ4v) is 1.69. The zero-order valence-corrected chi connectivity index (χ0v) is 10.9. The van der Waals surface area contributed by atoms with Crippen LogP contribution in [0.3, 0.4) is 0 Å². The Hall–Kier alpha value is -1.32. The van der Waals surface area contributed by atoms with Crippen LogP contribution in [0.2, 0.25) is 0 Å². The molecular formula is C14H24O4. The van der Waals surface area contributed by atoms with E-state index >= 15 is 0 Å². The maximum absolute atomic E-state index is 10.3. The van der Waals surface area contributed by atoms with Gasteiger partial charge in [0.25, 0.3) is 0 Å². The van der Waals surface area contributed by atoms with E-state index in [2.05, 4.69) is 0 Å². The van der Waals surface area contributed by atoms with Gasteiger partial charge in [-0.25, -0.2) is 0 Å². The van der Waals surface area contributed by atoms with Crippen molar-refractivity contribution in [3.8, 4) is 0 Å². The molecule has 0 unspecified atom stereocenters. The Bertz CT molecular complexity index is 259. The van der Waals surface area contributed by atoms with Crippen LogP contribution in [0.1, 0.15) is 64.2 Å². The average molecular weight is 256 g/mol. The number of unbranched alkanes of at least 4 members (excludes halogenated alkanes) is 6. The summed E-state index contributed by atoms with van der Waals surface area (Å²) in [5.41, 5.74) is 0. The van der Waals surface area contributed by atoms with Gasteiger partial charge >= 0.3 is 11.9 Å². The lowest BCUT2D eigenvalue weighted by Gasteiger charge is -1.99. The Kier molecular flexibility index (Phi) is 11.3. The predicted molar refractivity (Wildman–Crippen MR) is 70.6 cm³/mol. The molecule has 18 heavy (non-hydrogen) atoms. The fraction of sp³-hybridized carbons (Fsp3) is 0.714. The first-order chi connectivity index (χ1) is 8.63. The van der Waals surface area contributed by atoms with Crippen LogP contribution in [0.15, 0.2) is 12.2 Å². The van der Waals surface area contributed by atoms with Crippen LogP contribution in [-0.2, 0) is 9.59 Å². The Morgan fingerprint density at radius 1 is 0.667 bits per heavy atom. The molecule has 0 fully saturated rings. The molecule has 4 heteroatoms. The van der Waals surface area contributed by atoms with E-state index in [1.165, 1.54) is 0 Å². The highest BCUT2D eigenvalue weighted by atomic mass is 16.4. The Morgan fingerprint density at radius 3 is 1.78 bits per heavy atom. The quantitative estimate of drug-likeness (QED) is 0.413. The predicted octanol–water partition coefficient (Wildman–Crippen LogP) is 3.61. The summed E-state index contributed by atoms with van der Waals surface area (Å²) >= 11 is 0. The molecule has 0 saturated heterocycles. The molecule has 0 aliphatic carbocycles. The highest BCUT2D eigenvalue weighted by Gasteiger charge is 1.96. The number of hydrogen-bond acceptors (Lipinski definition) is 2. The van der Waals surface area contributed by atoms with Crippen molar-refractivity contribution >= 4 is 11.9 Å². The van der Waals surface area contributed by atoms with E-state index in [4.69, 9.17) is 10.2 Å². The Morgan fingerprint density at radius 2 is 1.17 bits per heavy atom. The molecule has 0 spiro atoms. The number of carbonyl (C=O) groups is 2. The van der Waals surface area contributed by atoms with Crippen molar-refractivity contribution in [3.05, 3.63) is 12.2 Å². The van der Waals surface area contributed by atoms with Gasteiger partial charge < -0.3 is 10.2 Å². The lowest BCUT2D eigenvalue weighted by atomic mass is 10.1. The van der Waals surface area contributed by atoms with Gasteiger partial charge in [-0.05, 0) is 25.7 Å². The van der Waals surface area contributed by atoms with Gasteiger partial charge in [0.1, 0.15) is 0 Å². The second kappa shape index (κ2) is 12.1. The van der Waals surface area contributed by atoms with E-state index in [-0.39, 0.29) is 12.8 Å². The molecule has 0 rings (SSSR count). The van der Waals surface area contributed by atoms with Crippen LogP contribution in [0, 0.1) is 0 Å². The molecule has 0 aromatic rings. The molecule has 0 saturated carbocycles. The number of hydrogen-bond donors (Lipinski definition) is 2. The first-order valence-electron chi connectivity index (χ1n) is 6.71. The zero-order valence-electron chi connectivity index (χ0n) is 10.9. The van der Waals surface area contributed by atoms with E-state index in [0.717, 1.165) is 44.9 Å². The third-order valence-corrected chi connectivity index (χ3v) is 2.70. The fourth-order valence-electron chi connectivity index (χ4n) is 1.69. The molecule has 0 aliphatic heterocycles. The van der Waals surface area contributed by atoms with E-state index < -0.39 is 11.9 Å². The molecule has 0 atom stereocenters. The summed E-state index contributed by atoms with van der Waals surface area (Å²) in [5, 5.41) is 16.9. The summed E-state index contributed by atoms with van der Waals surface area (Å²) in [4.78, 5) is 20.5.